The highest BCUT2D eigenvalue weighted by molar-refractivity contribution is 5.80. The van der Waals surface area contributed by atoms with Crippen molar-refractivity contribution in [2.45, 2.75) is 236 Å². The Labute approximate surface area is 306 Å². The van der Waals surface area contributed by atoms with Crippen LogP contribution in [0.1, 0.15) is 194 Å². The molecule has 0 saturated carbocycles. The zero-order chi connectivity index (χ0) is 36.8. The van der Waals surface area contributed by atoms with E-state index in [4.69, 9.17) is 4.74 Å². The van der Waals surface area contributed by atoms with Crippen LogP contribution in [0.5, 0.6) is 0 Å². The second-order valence-corrected chi connectivity index (χ2v) is 15.3. The number of hydrogen-bond acceptors (Lipinski definition) is 8. The van der Waals surface area contributed by atoms with Gasteiger partial charge in [0.2, 0.25) is 0 Å². The SMILES string of the molecule is CCCCCCCCCCCCCCCCN(CC(O)CC1O[C@H](CO)[C@@H](O)[C@H](O)[C@H]1O)C(=O)C(O)CCCCCCCCCCCCCC. The number of unbranched alkanes of at least 4 members (excludes halogenated alkanes) is 24. The van der Waals surface area contributed by atoms with Gasteiger partial charge >= 0.3 is 0 Å². The van der Waals surface area contributed by atoms with Crippen molar-refractivity contribution in [1.29, 1.82) is 0 Å². The maximum Gasteiger partial charge on any atom is 0.251 e. The van der Waals surface area contributed by atoms with Gasteiger partial charge < -0.3 is 40.3 Å². The molecule has 1 amide bonds. The quantitative estimate of drug-likeness (QED) is 0.0379. The second kappa shape index (κ2) is 31.7. The molecule has 1 heterocycles. The molecule has 0 aromatic heterocycles. The number of ether oxygens (including phenoxy) is 1. The Hall–Kier alpha value is -0.810. The van der Waals surface area contributed by atoms with Crippen molar-refractivity contribution in [3.63, 3.8) is 0 Å². The minimum Gasteiger partial charge on any atom is -0.394 e. The first-order valence-electron chi connectivity index (χ1n) is 21.2. The zero-order valence-corrected chi connectivity index (χ0v) is 32.4. The van der Waals surface area contributed by atoms with Crippen molar-refractivity contribution in [3.05, 3.63) is 0 Å². The molecule has 1 aliphatic rings. The van der Waals surface area contributed by atoms with E-state index in [0.717, 1.165) is 38.5 Å². The van der Waals surface area contributed by atoms with E-state index in [1.165, 1.54) is 128 Å². The van der Waals surface area contributed by atoms with Crippen molar-refractivity contribution < 1.29 is 40.2 Å². The average Bonchev–Trinajstić information content (AvgIpc) is 3.11. The molecule has 0 aliphatic carbocycles. The maximum atomic E-state index is 13.4. The minimum absolute atomic E-state index is 0.0260. The fraction of sp³-hybridized carbons (Fsp3) is 0.976. The fourth-order valence-electron chi connectivity index (χ4n) is 7.27. The van der Waals surface area contributed by atoms with Crippen LogP contribution < -0.4 is 0 Å². The highest BCUT2D eigenvalue weighted by atomic mass is 16.5. The van der Waals surface area contributed by atoms with E-state index < -0.39 is 49.3 Å². The fourth-order valence-corrected chi connectivity index (χ4v) is 7.27. The van der Waals surface area contributed by atoms with Crippen LogP contribution in [0.25, 0.3) is 0 Å². The number of aliphatic hydroxyl groups is 6. The summed E-state index contributed by atoms with van der Waals surface area (Å²) >= 11 is 0. The number of amides is 1. The van der Waals surface area contributed by atoms with Gasteiger partial charge in [-0.2, -0.15) is 0 Å². The summed E-state index contributed by atoms with van der Waals surface area (Å²) in [5, 5.41) is 62.0. The van der Waals surface area contributed by atoms with Crippen LogP contribution in [-0.2, 0) is 9.53 Å². The van der Waals surface area contributed by atoms with Crippen molar-refractivity contribution in [2.75, 3.05) is 19.7 Å². The predicted molar refractivity (Wildman–Crippen MR) is 203 cm³/mol. The van der Waals surface area contributed by atoms with E-state index >= 15 is 0 Å². The van der Waals surface area contributed by atoms with Crippen LogP contribution in [0.2, 0.25) is 0 Å². The zero-order valence-electron chi connectivity index (χ0n) is 32.4. The van der Waals surface area contributed by atoms with Crippen LogP contribution >= 0.6 is 0 Å². The van der Waals surface area contributed by atoms with Crippen molar-refractivity contribution in [1.82, 2.24) is 4.90 Å². The summed E-state index contributed by atoms with van der Waals surface area (Å²) in [5.74, 6) is -0.379. The van der Waals surface area contributed by atoms with E-state index in [1.807, 2.05) is 0 Å². The number of rotatable bonds is 34. The summed E-state index contributed by atoms with van der Waals surface area (Å²) in [5.41, 5.74) is 0. The third-order valence-electron chi connectivity index (χ3n) is 10.6. The molecule has 0 radical (unpaired) electrons. The number of hydrogen-bond donors (Lipinski definition) is 6. The molecule has 50 heavy (non-hydrogen) atoms. The van der Waals surface area contributed by atoms with Gasteiger partial charge in [0.15, 0.2) is 0 Å². The molecule has 1 rings (SSSR count). The van der Waals surface area contributed by atoms with Gasteiger partial charge in [-0.3, -0.25) is 4.79 Å². The van der Waals surface area contributed by atoms with Crippen LogP contribution in [0, 0.1) is 0 Å². The molecule has 1 aliphatic heterocycles. The molecule has 0 aromatic rings. The Morgan fingerprint density at radius 3 is 1.36 bits per heavy atom. The lowest BCUT2D eigenvalue weighted by Crippen LogP contribution is -2.59. The van der Waals surface area contributed by atoms with Gasteiger partial charge in [0.05, 0.1) is 18.8 Å². The van der Waals surface area contributed by atoms with E-state index in [-0.39, 0.29) is 18.9 Å². The molecule has 6 N–H and O–H groups in total. The largest absolute Gasteiger partial charge is 0.394 e. The van der Waals surface area contributed by atoms with Crippen molar-refractivity contribution in [2.24, 2.45) is 0 Å². The van der Waals surface area contributed by atoms with Gasteiger partial charge in [-0.25, -0.2) is 0 Å². The number of aliphatic hydroxyl groups excluding tert-OH is 6. The first kappa shape index (κ1) is 47.2. The summed E-state index contributed by atoms with van der Waals surface area (Å²) < 4.78 is 5.58. The monoisotopic (exact) mass is 716 g/mol. The molecule has 1 fully saturated rings. The highest BCUT2D eigenvalue weighted by Gasteiger charge is 2.44. The Bertz CT molecular complexity index is 771. The molecular formula is C41H81NO8. The van der Waals surface area contributed by atoms with Gasteiger partial charge in [-0.1, -0.05) is 174 Å². The van der Waals surface area contributed by atoms with Crippen molar-refractivity contribution >= 4 is 5.91 Å². The standard InChI is InChI=1S/C41H81NO8/c1-3-5-7-9-11-13-15-17-18-20-22-24-26-28-30-42(32-34(44)31-36-38(46)40(48)39(47)37(33-43)50-36)41(49)35(45)29-27-25-23-21-19-16-14-12-10-8-6-4-2/h34-40,43-48H,3-33H2,1-2H3/t34?,35?,36?,37-,38+,39-,40-/m1/s1. The first-order chi connectivity index (χ1) is 24.3. The molecular weight excluding hydrogens is 634 g/mol. The predicted octanol–water partition coefficient (Wildman–Crippen LogP) is 7.34. The minimum atomic E-state index is -1.51. The molecule has 1 saturated heterocycles. The molecule has 0 spiro atoms. The van der Waals surface area contributed by atoms with Gasteiger partial charge in [0.25, 0.3) is 5.91 Å². The summed E-state index contributed by atoms with van der Waals surface area (Å²) in [4.78, 5) is 14.9. The Balaban J connectivity index is 2.46. The lowest BCUT2D eigenvalue weighted by Gasteiger charge is -2.41. The normalized spacial score (nSPS) is 22.1. The van der Waals surface area contributed by atoms with Gasteiger partial charge in [-0.15, -0.1) is 0 Å². The third kappa shape index (κ3) is 22.3. The first-order valence-corrected chi connectivity index (χ1v) is 21.2. The van der Waals surface area contributed by atoms with E-state index in [1.54, 1.807) is 4.90 Å². The topological polar surface area (TPSA) is 151 Å². The van der Waals surface area contributed by atoms with E-state index in [2.05, 4.69) is 13.8 Å². The molecule has 7 atom stereocenters. The van der Waals surface area contributed by atoms with Gasteiger partial charge in [0.1, 0.15) is 30.5 Å². The highest BCUT2D eigenvalue weighted by Crippen LogP contribution is 2.25. The lowest BCUT2D eigenvalue weighted by atomic mass is 9.92. The molecule has 9 heteroatoms. The van der Waals surface area contributed by atoms with Gasteiger partial charge in [-0.05, 0) is 12.8 Å². The number of nitrogens with zero attached hydrogens (tertiary/aromatic N) is 1. The maximum absolute atomic E-state index is 13.4. The Morgan fingerprint density at radius 1 is 0.560 bits per heavy atom. The molecule has 298 valence electrons. The summed E-state index contributed by atoms with van der Waals surface area (Å²) in [6, 6.07) is 0. The van der Waals surface area contributed by atoms with Gasteiger partial charge in [0, 0.05) is 19.5 Å². The lowest BCUT2D eigenvalue weighted by molar-refractivity contribution is -0.234. The molecule has 9 nitrogen and oxygen atoms in total. The molecule has 0 aromatic carbocycles. The molecule has 0 bridgehead atoms. The summed E-state index contributed by atoms with van der Waals surface area (Å²) in [6.07, 6.45) is 23.5. The summed E-state index contributed by atoms with van der Waals surface area (Å²) in [6.45, 7) is 4.36. The van der Waals surface area contributed by atoms with Crippen LogP contribution in [-0.4, -0.2) is 104 Å². The summed E-state index contributed by atoms with van der Waals surface area (Å²) in [7, 11) is 0. The smallest absolute Gasteiger partial charge is 0.251 e. The second-order valence-electron chi connectivity index (χ2n) is 15.3. The van der Waals surface area contributed by atoms with Crippen LogP contribution in [0.15, 0.2) is 0 Å². The number of carbonyl (C=O) groups is 1. The third-order valence-corrected chi connectivity index (χ3v) is 10.6. The number of carbonyl (C=O) groups excluding carboxylic acids is 1. The van der Waals surface area contributed by atoms with Crippen LogP contribution in [0.3, 0.4) is 0 Å². The Kier molecular flexibility index (Phi) is 29.9. The average molecular weight is 716 g/mol. The van der Waals surface area contributed by atoms with Crippen LogP contribution in [0.4, 0.5) is 0 Å². The van der Waals surface area contributed by atoms with Crippen molar-refractivity contribution in [3.8, 4) is 0 Å². The Morgan fingerprint density at radius 2 is 0.940 bits per heavy atom. The molecule has 3 unspecified atom stereocenters. The van der Waals surface area contributed by atoms with E-state index in [9.17, 15) is 35.4 Å². The van der Waals surface area contributed by atoms with E-state index in [0.29, 0.717) is 13.0 Å².